The fraction of sp³-hybridized carbons (Fsp3) is 0.480. The third-order valence-electron chi connectivity index (χ3n) is 6.51. The summed E-state index contributed by atoms with van der Waals surface area (Å²) in [5.74, 6) is 0.492. The van der Waals surface area contributed by atoms with E-state index in [4.69, 9.17) is 18.8 Å². The molecule has 32 heavy (non-hydrogen) atoms. The maximum Gasteiger partial charge on any atom is 0.495 e. The molecule has 7 heteroatoms. The van der Waals surface area contributed by atoms with E-state index in [9.17, 15) is 4.79 Å². The van der Waals surface area contributed by atoms with E-state index in [1.54, 1.807) is 7.11 Å². The van der Waals surface area contributed by atoms with Crippen molar-refractivity contribution in [2.75, 3.05) is 14.2 Å². The third-order valence-corrected chi connectivity index (χ3v) is 7.64. The standard InChI is InChI=1S/C25H32BBrO5/c1-16-13-20(29-6)14-18(22(16)27)10-8-9-17-11-12-19(23(28)30-7)15-21(17)26-31-24(2,3)25(4,5)32-26/h11-15H,8-10H2,1-7H3. The molecule has 1 aliphatic heterocycles. The Labute approximate surface area is 200 Å². The number of methoxy groups -OCH3 is 2. The van der Waals surface area contributed by atoms with E-state index in [0.717, 1.165) is 46.1 Å². The first kappa shape index (κ1) is 24.8. The monoisotopic (exact) mass is 502 g/mol. The third kappa shape index (κ3) is 5.05. The Kier molecular flexibility index (Phi) is 7.43. The first-order chi connectivity index (χ1) is 15.0. The van der Waals surface area contributed by atoms with E-state index >= 15 is 0 Å². The lowest BCUT2D eigenvalue weighted by Crippen LogP contribution is -2.41. The lowest BCUT2D eigenvalue weighted by Gasteiger charge is -2.32. The zero-order valence-electron chi connectivity index (χ0n) is 20.0. The molecule has 0 saturated carbocycles. The van der Waals surface area contributed by atoms with Crippen molar-refractivity contribution in [3.63, 3.8) is 0 Å². The molecule has 5 nitrogen and oxygen atoms in total. The number of hydrogen-bond donors (Lipinski definition) is 0. The van der Waals surface area contributed by atoms with Crippen molar-refractivity contribution in [1.82, 2.24) is 0 Å². The van der Waals surface area contributed by atoms with Crippen LogP contribution in [-0.4, -0.2) is 38.5 Å². The zero-order chi connectivity index (χ0) is 23.7. The van der Waals surface area contributed by atoms with Crippen LogP contribution in [0.15, 0.2) is 34.8 Å². The summed E-state index contributed by atoms with van der Waals surface area (Å²) < 4.78 is 24.0. The highest BCUT2D eigenvalue weighted by molar-refractivity contribution is 9.10. The fourth-order valence-electron chi connectivity index (χ4n) is 3.83. The average molecular weight is 503 g/mol. The van der Waals surface area contributed by atoms with Crippen molar-refractivity contribution in [3.8, 4) is 5.75 Å². The second-order valence-electron chi connectivity index (χ2n) is 9.26. The second kappa shape index (κ2) is 9.58. The molecule has 0 atom stereocenters. The van der Waals surface area contributed by atoms with Crippen LogP contribution in [0.5, 0.6) is 5.75 Å². The van der Waals surface area contributed by atoms with Crippen molar-refractivity contribution in [1.29, 1.82) is 0 Å². The molecule has 172 valence electrons. The van der Waals surface area contributed by atoms with E-state index in [1.807, 2.05) is 52.0 Å². The van der Waals surface area contributed by atoms with Gasteiger partial charge in [-0.2, -0.15) is 0 Å². The van der Waals surface area contributed by atoms with Crippen LogP contribution in [0.3, 0.4) is 0 Å². The summed E-state index contributed by atoms with van der Waals surface area (Å²) >= 11 is 3.71. The Hall–Kier alpha value is -1.83. The number of benzene rings is 2. The van der Waals surface area contributed by atoms with Crippen LogP contribution < -0.4 is 10.2 Å². The molecule has 0 N–H and O–H groups in total. The Bertz CT molecular complexity index is 986. The topological polar surface area (TPSA) is 54.0 Å². The molecular formula is C25H32BBrO5. The van der Waals surface area contributed by atoms with Gasteiger partial charge in [-0.25, -0.2) is 4.79 Å². The molecule has 0 radical (unpaired) electrons. The number of esters is 1. The average Bonchev–Trinajstić information content (AvgIpc) is 2.97. The van der Waals surface area contributed by atoms with E-state index in [2.05, 4.69) is 28.9 Å². The molecule has 2 aromatic carbocycles. The Morgan fingerprint density at radius 3 is 2.22 bits per heavy atom. The molecule has 0 spiro atoms. The van der Waals surface area contributed by atoms with Crippen molar-refractivity contribution >= 4 is 34.5 Å². The summed E-state index contributed by atoms with van der Waals surface area (Å²) in [6, 6.07) is 9.73. The second-order valence-corrected chi connectivity index (χ2v) is 10.1. The van der Waals surface area contributed by atoms with Gasteiger partial charge in [0.05, 0.1) is 31.0 Å². The molecular weight excluding hydrogens is 471 g/mol. The van der Waals surface area contributed by atoms with Crippen LogP contribution in [0, 0.1) is 6.92 Å². The Balaban J connectivity index is 1.85. The maximum atomic E-state index is 12.2. The van der Waals surface area contributed by atoms with E-state index < -0.39 is 18.3 Å². The van der Waals surface area contributed by atoms with E-state index in [-0.39, 0.29) is 5.97 Å². The summed E-state index contributed by atoms with van der Waals surface area (Å²) in [5.41, 5.74) is 3.93. The molecule has 1 heterocycles. The van der Waals surface area contributed by atoms with Crippen molar-refractivity contribution in [2.24, 2.45) is 0 Å². The predicted octanol–water partition coefficient (Wildman–Crippen LogP) is 5.03. The van der Waals surface area contributed by atoms with Gasteiger partial charge >= 0.3 is 13.1 Å². The first-order valence-electron chi connectivity index (χ1n) is 10.9. The lowest BCUT2D eigenvalue weighted by molar-refractivity contribution is 0.00578. The van der Waals surface area contributed by atoms with Gasteiger partial charge in [0.25, 0.3) is 0 Å². The minimum Gasteiger partial charge on any atom is -0.497 e. The minimum absolute atomic E-state index is 0.370. The van der Waals surface area contributed by atoms with Crippen molar-refractivity contribution < 1.29 is 23.6 Å². The maximum absolute atomic E-state index is 12.2. The molecule has 0 bridgehead atoms. The SMILES string of the molecule is COC(=O)c1ccc(CCCc2cc(OC)cc(C)c2Br)c(B2OC(C)(C)C(C)(C)O2)c1. The molecule has 2 aromatic rings. The van der Waals surface area contributed by atoms with Crippen molar-refractivity contribution in [3.05, 3.63) is 57.1 Å². The van der Waals surface area contributed by atoms with Crippen LogP contribution in [0.1, 0.15) is 61.2 Å². The summed E-state index contributed by atoms with van der Waals surface area (Å²) in [4.78, 5) is 12.2. The number of rotatable bonds is 7. The highest BCUT2D eigenvalue weighted by Crippen LogP contribution is 2.37. The van der Waals surface area contributed by atoms with Crippen LogP contribution in [0.2, 0.25) is 0 Å². The molecule has 1 fully saturated rings. The van der Waals surface area contributed by atoms with Gasteiger partial charge in [-0.1, -0.05) is 22.0 Å². The van der Waals surface area contributed by atoms with Crippen LogP contribution >= 0.6 is 15.9 Å². The highest BCUT2D eigenvalue weighted by Gasteiger charge is 2.52. The minimum atomic E-state index is -0.537. The quantitative estimate of drug-likeness (QED) is 0.392. The Morgan fingerprint density at radius 2 is 1.62 bits per heavy atom. The van der Waals surface area contributed by atoms with Gasteiger partial charge in [0.2, 0.25) is 0 Å². The summed E-state index contributed by atoms with van der Waals surface area (Å²) in [7, 11) is 2.54. The Morgan fingerprint density at radius 1 is 1.00 bits per heavy atom. The molecule has 1 saturated heterocycles. The van der Waals surface area contributed by atoms with Crippen LogP contribution in [-0.2, 0) is 26.9 Å². The van der Waals surface area contributed by atoms with Gasteiger partial charge in [0, 0.05) is 4.47 Å². The zero-order valence-corrected chi connectivity index (χ0v) is 21.6. The van der Waals surface area contributed by atoms with E-state index in [1.165, 1.54) is 12.7 Å². The van der Waals surface area contributed by atoms with Gasteiger partial charge in [-0.05, 0) is 100 Å². The van der Waals surface area contributed by atoms with Crippen LogP contribution in [0.25, 0.3) is 0 Å². The lowest BCUT2D eigenvalue weighted by atomic mass is 9.74. The number of ether oxygens (including phenoxy) is 2. The van der Waals surface area contributed by atoms with E-state index in [0.29, 0.717) is 5.56 Å². The largest absolute Gasteiger partial charge is 0.497 e. The fourth-order valence-corrected chi connectivity index (χ4v) is 4.26. The van der Waals surface area contributed by atoms with Gasteiger partial charge in [0.15, 0.2) is 0 Å². The number of halogens is 1. The summed E-state index contributed by atoms with van der Waals surface area (Å²) in [5, 5.41) is 0. The molecule has 0 aromatic heterocycles. The molecule has 1 aliphatic rings. The predicted molar refractivity (Wildman–Crippen MR) is 131 cm³/mol. The van der Waals surface area contributed by atoms with Gasteiger partial charge in [-0.3, -0.25) is 0 Å². The highest BCUT2D eigenvalue weighted by atomic mass is 79.9. The summed E-state index contributed by atoms with van der Waals surface area (Å²) in [6.07, 6.45) is 2.64. The van der Waals surface area contributed by atoms with Crippen molar-refractivity contribution in [2.45, 2.75) is 65.1 Å². The number of aryl methyl sites for hydroxylation is 3. The molecule has 3 rings (SSSR count). The van der Waals surface area contributed by atoms with Gasteiger partial charge in [0.1, 0.15) is 5.75 Å². The normalized spacial score (nSPS) is 16.8. The number of carbonyl (C=O) groups is 1. The summed E-state index contributed by atoms with van der Waals surface area (Å²) in [6.45, 7) is 10.2. The van der Waals surface area contributed by atoms with Crippen LogP contribution in [0.4, 0.5) is 0 Å². The van der Waals surface area contributed by atoms with Gasteiger partial charge < -0.3 is 18.8 Å². The molecule has 0 amide bonds. The smallest absolute Gasteiger partial charge is 0.495 e. The van der Waals surface area contributed by atoms with Gasteiger partial charge in [-0.15, -0.1) is 0 Å². The number of hydrogen-bond acceptors (Lipinski definition) is 5. The first-order valence-corrected chi connectivity index (χ1v) is 11.7. The molecule has 0 aliphatic carbocycles. The molecule has 0 unspecified atom stereocenters. The number of carbonyl (C=O) groups excluding carboxylic acids is 1.